The summed E-state index contributed by atoms with van der Waals surface area (Å²) in [6.07, 6.45) is 4.80. The average molecular weight is 268 g/mol. The maximum Gasteiger partial charge on any atom is 0.330 e. The minimum Gasteiger partial charge on any atom is -0.464 e. The molecule has 0 radical (unpaired) electrons. The Hall–Kier alpha value is -1.10. The number of carbonyl (C=O) groups excluding carboxylic acids is 1. The zero-order valence-corrected chi connectivity index (χ0v) is 12.0. The van der Waals surface area contributed by atoms with Crippen LogP contribution in [0.1, 0.15) is 37.3 Å². The van der Waals surface area contributed by atoms with Gasteiger partial charge in [0.2, 0.25) is 0 Å². The summed E-state index contributed by atoms with van der Waals surface area (Å²) in [7, 11) is 2.04. The van der Waals surface area contributed by atoms with Crippen molar-refractivity contribution in [2.24, 2.45) is 12.0 Å². The highest BCUT2D eigenvalue weighted by Crippen LogP contribution is 2.22. The number of ether oxygens (including phenoxy) is 1. The smallest absolute Gasteiger partial charge is 0.330 e. The van der Waals surface area contributed by atoms with E-state index in [1.165, 1.54) is 23.4 Å². The second-order valence-corrected chi connectivity index (χ2v) is 5.64. The molecular weight excluding hydrogens is 248 g/mol. The Morgan fingerprint density at radius 1 is 1.50 bits per heavy atom. The molecule has 0 saturated carbocycles. The van der Waals surface area contributed by atoms with Gasteiger partial charge in [0.05, 0.1) is 6.61 Å². The Bertz CT molecular complexity index is 502. The molecule has 1 aromatic rings. The Morgan fingerprint density at radius 2 is 2.22 bits per heavy atom. The van der Waals surface area contributed by atoms with E-state index in [1.807, 2.05) is 14.0 Å². The summed E-state index contributed by atoms with van der Waals surface area (Å²) in [4.78, 5) is 18.4. The third kappa shape index (κ3) is 2.66. The van der Waals surface area contributed by atoms with Crippen LogP contribution in [0, 0.1) is 0 Å². The zero-order chi connectivity index (χ0) is 13.1. The van der Waals surface area contributed by atoms with Crippen LogP contribution in [0.4, 0.5) is 0 Å². The predicted octanol–water partition coefficient (Wildman–Crippen LogP) is 1.82. The molecule has 1 heterocycles. The monoisotopic (exact) mass is 268 g/mol. The largest absolute Gasteiger partial charge is 0.464 e. The Kier molecular flexibility index (Phi) is 4.22. The maximum absolute atomic E-state index is 11.6. The van der Waals surface area contributed by atoms with Gasteiger partial charge in [0.25, 0.3) is 0 Å². The van der Waals surface area contributed by atoms with Crippen LogP contribution in [-0.4, -0.2) is 23.2 Å². The van der Waals surface area contributed by atoms with Crippen LogP contribution < -0.4 is 4.80 Å². The molecule has 2 rings (SSSR count). The van der Waals surface area contributed by atoms with E-state index in [2.05, 4.69) is 9.56 Å². The highest BCUT2D eigenvalue weighted by Gasteiger charge is 2.17. The van der Waals surface area contributed by atoms with Crippen molar-refractivity contribution in [3.8, 4) is 0 Å². The summed E-state index contributed by atoms with van der Waals surface area (Å²) in [5.74, 6) is -0.246. The number of aryl methyl sites for hydroxylation is 1. The highest BCUT2D eigenvalue weighted by molar-refractivity contribution is 7.09. The molecule has 0 saturated heterocycles. The van der Waals surface area contributed by atoms with Gasteiger partial charge < -0.3 is 9.30 Å². The minimum atomic E-state index is -0.420. The quantitative estimate of drug-likeness (QED) is 0.785. The minimum absolute atomic E-state index is 0.246. The third-order valence-corrected chi connectivity index (χ3v) is 4.48. The fourth-order valence-electron chi connectivity index (χ4n) is 2.21. The van der Waals surface area contributed by atoms with E-state index in [9.17, 15) is 4.79 Å². The summed E-state index contributed by atoms with van der Waals surface area (Å²) < 4.78 is 7.11. The first kappa shape index (κ1) is 13.3. The van der Waals surface area contributed by atoms with Crippen LogP contribution in [0.25, 0.3) is 0 Å². The van der Waals surface area contributed by atoms with Crippen LogP contribution in [-0.2, 0) is 29.4 Å². The lowest BCUT2D eigenvalue weighted by molar-refractivity contribution is -0.144. The van der Waals surface area contributed by atoms with E-state index in [0.29, 0.717) is 6.61 Å². The van der Waals surface area contributed by atoms with Crippen LogP contribution >= 0.6 is 11.3 Å². The molecule has 1 unspecified atom stereocenters. The summed E-state index contributed by atoms with van der Waals surface area (Å²) in [6.45, 7) is 4.01. The number of nitrogens with zero attached hydrogens (tertiary/aromatic N) is 2. The molecule has 0 N–H and O–H groups in total. The summed E-state index contributed by atoms with van der Waals surface area (Å²) >= 11 is 1.71. The van der Waals surface area contributed by atoms with E-state index in [-0.39, 0.29) is 5.97 Å². The molecule has 0 aromatic carbocycles. The Morgan fingerprint density at radius 3 is 2.89 bits per heavy atom. The topological polar surface area (TPSA) is 43.6 Å². The van der Waals surface area contributed by atoms with Gasteiger partial charge in [0, 0.05) is 17.6 Å². The number of rotatable bonds is 3. The molecule has 0 spiro atoms. The van der Waals surface area contributed by atoms with Gasteiger partial charge in [-0.25, -0.2) is 9.79 Å². The van der Waals surface area contributed by atoms with Gasteiger partial charge in [0.15, 0.2) is 4.80 Å². The third-order valence-electron chi connectivity index (χ3n) is 3.23. The molecule has 0 aliphatic heterocycles. The van der Waals surface area contributed by atoms with E-state index in [1.54, 1.807) is 18.3 Å². The molecule has 100 valence electrons. The Balaban J connectivity index is 2.28. The number of fused-ring (bicyclic) bond motifs is 1. The maximum atomic E-state index is 11.6. The molecular formula is C13H20N2O2S. The lowest BCUT2D eigenvalue weighted by Crippen LogP contribution is -2.23. The van der Waals surface area contributed by atoms with Crippen LogP contribution in [0.15, 0.2) is 4.99 Å². The first-order valence-corrected chi connectivity index (χ1v) is 7.33. The summed E-state index contributed by atoms with van der Waals surface area (Å²) in [6, 6.07) is -0.420. The van der Waals surface area contributed by atoms with Crippen molar-refractivity contribution in [2.45, 2.75) is 45.6 Å². The van der Waals surface area contributed by atoms with Gasteiger partial charge in [-0.3, -0.25) is 0 Å². The molecule has 18 heavy (non-hydrogen) atoms. The molecule has 0 bridgehead atoms. The molecule has 4 nitrogen and oxygen atoms in total. The van der Waals surface area contributed by atoms with Crippen molar-refractivity contribution in [2.75, 3.05) is 6.61 Å². The molecule has 1 aromatic heterocycles. The van der Waals surface area contributed by atoms with Crippen LogP contribution in [0.5, 0.6) is 0 Å². The second-order valence-electron chi connectivity index (χ2n) is 4.58. The molecule has 5 heteroatoms. The van der Waals surface area contributed by atoms with Gasteiger partial charge in [-0.05, 0) is 39.5 Å². The first-order chi connectivity index (χ1) is 8.63. The van der Waals surface area contributed by atoms with Crippen molar-refractivity contribution in [3.63, 3.8) is 0 Å². The Labute approximate surface area is 111 Å². The molecule has 1 aliphatic carbocycles. The number of carbonyl (C=O) groups is 1. The van der Waals surface area contributed by atoms with Crippen LogP contribution in [0.2, 0.25) is 0 Å². The normalized spacial score (nSPS) is 17.4. The molecule has 0 fully saturated rings. The fraction of sp³-hybridized carbons (Fsp3) is 0.692. The predicted molar refractivity (Wildman–Crippen MR) is 71.6 cm³/mol. The first-order valence-electron chi connectivity index (χ1n) is 6.51. The molecule has 1 aliphatic rings. The van der Waals surface area contributed by atoms with Crippen molar-refractivity contribution < 1.29 is 9.53 Å². The highest BCUT2D eigenvalue weighted by atomic mass is 32.1. The van der Waals surface area contributed by atoms with Gasteiger partial charge in [-0.1, -0.05) is 0 Å². The number of aromatic nitrogens is 1. The van der Waals surface area contributed by atoms with Crippen LogP contribution in [0.3, 0.4) is 0 Å². The van der Waals surface area contributed by atoms with E-state index in [0.717, 1.165) is 17.6 Å². The molecule has 0 amide bonds. The van der Waals surface area contributed by atoms with E-state index in [4.69, 9.17) is 4.74 Å². The van der Waals surface area contributed by atoms with Gasteiger partial charge in [-0.15, -0.1) is 11.3 Å². The molecule has 1 atom stereocenters. The van der Waals surface area contributed by atoms with E-state index < -0.39 is 6.04 Å². The number of thiazole rings is 1. The van der Waals surface area contributed by atoms with Gasteiger partial charge >= 0.3 is 5.97 Å². The SMILES string of the molecule is CCOC(=O)C(C)N=c1sc2c(n1C)CCCC2. The fourth-order valence-corrected chi connectivity index (χ4v) is 3.50. The summed E-state index contributed by atoms with van der Waals surface area (Å²) in [5, 5.41) is 0. The zero-order valence-electron chi connectivity index (χ0n) is 11.2. The number of hydrogen-bond donors (Lipinski definition) is 0. The van der Waals surface area contributed by atoms with Crippen molar-refractivity contribution in [3.05, 3.63) is 15.4 Å². The standard InChI is InChI=1S/C13H20N2O2S/c1-4-17-12(16)9(2)14-13-15(3)10-7-5-6-8-11(10)18-13/h9H,4-8H2,1-3H3. The van der Waals surface area contributed by atoms with Crippen molar-refractivity contribution in [1.82, 2.24) is 4.57 Å². The second kappa shape index (κ2) is 5.69. The average Bonchev–Trinajstić information content (AvgIpc) is 2.67. The lowest BCUT2D eigenvalue weighted by Gasteiger charge is -2.11. The van der Waals surface area contributed by atoms with Gasteiger partial charge in [0.1, 0.15) is 6.04 Å². The van der Waals surface area contributed by atoms with E-state index >= 15 is 0 Å². The lowest BCUT2D eigenvalue weighted by atomic mass is 10.0. The van der Waals surface area contributed by atoms with Crippen molar-refractivity contribution >= 4 is 17.3 Å². The van der Waals surface area contributed by atoms with Gasteiger partial charge in [-0.2, -0.15) is 0 Å². The van der Waals surface area contributed by atoms with Crippen molar-refractivity contribution in [1.29, 1.82) is 0 Å². The number of esters is 1. The number of hydrogen-bond acceptors (Lipinski definition) is 4. The summed E-state index contributed by atoms with van der Waals surface area (Å²) in [5.41, 5.74) is 1.39.